The van der Waals surface area contributed by atoms with Crippen molar-refractivity contribution in [1.29, 1.82) is 0 Å². The Hall–Kier alpha value is -1.43. The number of fused-ring (bicyclic) bond motifs is 1. The summed E-state index contributed by atoms with van der Waals surface area (Å²) in [4.78, 5) is 11.0. The summed E-state index contributed by atoms with van der Waals surface area (Å²) in [5.41, 5.74) is 0. The summed E-state index contributed by atoms with van der Waals surface area (Å²) in [5.74, 6) is -0.187. The van der Waals surface area contributed by atoms with Gasteiger partial charge >= 0.3 is 5.97 Å². The van der Waals surface area contributed by atoms with E-state index in [1.54, 1.807) is 0 Å². The molecule has 1 aromatic rings. The molecule has 1 aromatic heterocycles. The highest BCUT2D eigenvalue weighted by Crippen LogP contribution is 2.26. The van der Waals surface area contributed by atoms with Crippen LogP contribution in [0.2, 0.25) is 0 Å². The summed E-state index contributed by atoms with van der Waals surface area (Å²) in [5, 5.41) is 25.6. The van der Waals surface area contributed by atoms with Crippen molar-refractivity contribution < 1.29 is 15.0 Å². The molecule has 0 saturated heterocycles. The van der Waals surface area contributed by atoms with E-state index in [2.05, 4.69) is 10.2 Å². The topological polar surface area (TPSA) is 88.2 Å². The Kier molecular flexibility index (Phi) is 2.68. The molecule has 0 radical (unpaired) electrons. The molecule has 1 aliphatic heterocycles. The van der Waals surface area contributed by atoms with Gasteiger partial charge in [-0.05, 0) is 12.8 Å². The first-order valence-electron chi connectivity index (χ1n) is 4.99. The number of nitrogens with zero attached hydrogens (tertiary/aromatic N) is 3. The number of carboxylic acid groups (broad SMARTS) is 1. The van der Waals surface area contributed by atoms with Gasteiger partial charge in [-0.15, -0.1) is 10.2 Å². The van der Waals surface area contributed by atoms with E-state index in [9.17, 15) is 4.79 Å². The van der Waals surface area contributed by atoms with Crippen LogP contribution >= 0.6 is 0 Å². The maximum Gasteiger partial charge on any atom is 0.314 e. The highest BCUT2D eigenvalue weighted by Gasteiger charge is 2.30. The van der Waals surface area contributed by atoms with Crippen molar-refractivity contribution in [2.75, 3.05) is 6.61 Å². The maximum atomic E-state index is 11.0. The van der Waals surface area contributed by atoms with Crippen LogP contribution < -0.4 is 0 Å². The quantitative estimate of drug-likeness (QED) is 0.721. The van der Waals surface area contributed by atoms with Gasteiger partial charge in [-0.1, -0.05) is 0 Å². The second-order valence-electron chi connectivity index (χ2n) is 3.63. The minimum atomic E-state index is -0.848. The van der Waals surface area contributed by atoms with E-state index in [1.807, 2.05) is 4.57 Å². The van der Waals surface area contributed by atoms with E-state index >= 15 is 0 Å². The van der Waals surface area contributed by atoms with Crippen LogP contribution in [0.4, 0.5) is 0 Å². The number of aliphatic hydroxyl groups excluding tert-OH is 1. The number of aliphatic hydroxyl groups is 1. The molecule has 0 aromatic carbocycles. The summed E-state index contributed by atoms with van der Waals surface area (Å²) < 4.78 is 1.82. The SMILES string of the molecule is O=C(O)C1CCCn2c(CCO)nnc21. The van der Waals surface area contributed by atoms with Gasteiger partial charge in [0.1, 0.15) is 17.6 Å². The molecule has 2 heterocycles. The van der Waals surface area contributed by atoms with Crippen molar-refractivity contribution in [1.82, 2.24) is 14.8 Å². The Morgan fingerprint density at radius 2 is 2.33 bits per heavy atom. The zero-order valence-electron chi connectivity index (χ0n) is 8.26. The molecule has 0 spiro atoms. The number of aromatic nitrogens is 3. The normalized spacial score (nSPS) is 19.9. The Morgan fingerprint density at radius 3 is 3.00 bits per heavy atom. The second kappa shape index (κ2) is 3.98. The molecule has 2 rings (SSSR count). The van der Waals surface area contributed by atoms with E-state index in [0.717, 1.165) is 13.0 Å². The van der Waals surface area contributed by atoms with Crippen molar-refractivity contribution in [3.63, 3.8) is 0 Å². The van der Waals surface area contributed by atoms with Gasteiger partial charge in [0.25, 0.3) is 0 Å². The molecule has 0 fully saturated rings. The molecule has 1 aliphatic rings. The standard InChI is InChI=1S/C9H13N3O3/c13-5-3-7-10-11-8-6(9(14)15)2-1-4-12(7)8/h6,13H,1-5H2,(H,14,15). The van der Waals surface area contributed by atoms with Crippen LogP contribution in [0.15, 0.2) is 0 Å². The zero-order chi connectivity index (χ0) is 10.8. The van der Waals surface area contributed by atoms with Crippen LogP contribution in [0.25, 0.3) is 0 Å². The molecule has 1 atom stereocenters. The Balaban J connectivity index is 2.33. The summed E-state index contributed by atoms with van der Waals surface area (Å²) in [6.07, 6.45) is 1.87. The fraction of sp³-hybridized carbons (Fsp3) is 0.667. The van der Waals surface area contributed by atoms with Crippen molar-refractivity contribution >= 4 is 5.97 Å². The number of carboxylic acids is 1. The number of rotatable bonds is 3. The Morgan fingerprint density at radius 1 is 1.53 bits per heavy atom. The average Bonchev–Trinajstić information content (AvgIpc) is 2.62. The molecule has 6 heteroatoms. The predicted molar refractivity (Wildman–Crippen MR) is 50.4 cm³/mol. The van der Waals surface area contributed by atoms with Crippen molar-refractivity contribution in [2.24, 2.45) is 0 Å². The maximum absolute atomic E-state index is 11.0. The molecule has 0 bridgehead atoms. The minimum Gasteiger partial charge on any atom is -0.481 e. The van der Waals surface area contributed by atoms with E-state index in [1.165, 1.54) is 0 Å². The fourth-order valence-electron chi connectivity index (χ4n) is 1.95. The average molecular weight is 211 g/mol. The van der Waals surface area contributed by atoms with Crippen LogP contribution in [-0.2, 0) is 17.8 Å². The third-order valence-corrected chi connectivity index (χ3v) is 2.68. The third kappa shape index (κ3) is 1.72. The van der Waals surface area contributed by atoms with Gasteiger partial charge in [0.05, 0.1) is 6.61 Å². The number of hydrogen-bond acceptors (Lipinski definition) is 4. The first-order valence-corrected chi connectivity index (χ1v) is 4.99. The van der Waals surface area contributed by atoms with Gasteiger partial charge in [-0.2, -0.15) is 0 Å². The molecule has 1 unspecified atom stereocenters. The lowest BCUT2D eigenvalue weighted by molar-refractivity contribution is -0.139. The van der Waals surface area contributed by atoms with E-state index < -0.39 is 11.9 Å². The molecular formula is C9H13N3O3. The molecular weight excluding hydrogens is 198 g/mol. The lowest BCUT2D eigenvalue weighted by Crippen LogP contribution is -2.23. The second-order valence-corrected chi connectivity index (χ2v) is 3.63. The summed E-state index contributed by atoms with van der Waals surface area (Å²) in [7, 11) is 0. The predicted octanol–water partition coefficient (Wildman–Crippen LogP) is -0.225. The molecule has 2 N–H and O–H groups in total. The van der Waals surface area contributed by atoms with Gasteiger partial charge in [0.15, 0.2) is 0 Å². The Bertz CT molecular complexity index is 375. The summed E-state index contributed by atoms with van der Waals surface area (Å²) in [6.45, 7) is 0.761. The summed E-state index contributed by atoms with van der Waals surface area (Å²) >= 11 is 0. The van der Waals surface area contributed by atoms with Gasteiger partial charge in [0, 0.05) is 13.0 Å². The van der Waals surface area contributed by atoms with Crippen LogP contribution in [0, 0.1) is 0 Å². The van der Waals surface area contributed by atoms with E-state index in [0.29, 0.717) is 24.5 Å². The monoisotopic (exact) mass is 211 g/mol. The van der Waals surface area contributed by atoms with Gasteiger partial charge in [-0.3, -0.25) is 4.79 Å². The van der Waals surface area contributed by atoms with Crippen LogP contribution in [-0.4, -0.2) is 37.6 Å². The molecule has 0 aliphatic carbocycles. The van der Waals surface area contributed by atoms with Gasteiger partial charge in [-0.25, -0.2) is 0 Å². The smallest absolute Gasteiger partial charge is 0.314 e. The first-order chi connectivity index (χ1) is 7.24. The molecule has 6 nitrogen and oxygen atoms in total. The van der Waals surface area contributed by atoms with Gasteiger partial charge in [0.2, 0.25) is 0 Å². The third-order valence-electron chi connectivity index (χ3n) is 2.68. The van der Waals surface area contributed by atoms with Crippen molar-refractivity contribution in [2.45, 2.75) is 31.7 Å². The van der Waals surface area contributed by atoms with Crippen LogP contribution in [0.1, 0.15) is 30.4 Å². The van der Waals surface area contributed by atoms with E-state index in [-0.39, 0.29) is 6.61 Å². The van der Waals surface area contributed by atoms with Crippen LogP contribution in [0.3, 0.4) is 0 Å². The lowest BCUT2D eigenvalue weighted by Gasteiger charge is -2.20. The molecule has 0 amide bonds. The highest BCUT2D eigenvalue weighted by molar-refractivity contribution is 5.75. The van der Waals surface area contributed by atoms with Crippen molar-refractivity contribution in [3.8, 4) is 0 Å². The number of carbonyl (C=O) groups is 1. The van der Waals surface area contributed by atoms with Gasteiger partial charge < -0.3 is 14.8 Å². The first kappa shape index (κ1) is 10.1. The van der Waals surface area contributed by atoms with E-state index in [4.69, 9.17) is 10.2 Å². The summed E-state index contributed by atoms with van der Waals surface area (Å²) in [6, 6.07) is 0. The number of aliphatic carboxylic acids is 1. The lowest BCUT2D eigenvalue weighted by atomic mass is 9.99. The van der Waals surface area contributed by atoms with Crippen molar-refractivity contribution in [3.05, 3.63) is 11.6 Å². The Labute approximate surface area is 86.6 Å². The zero-order valence-corrected chi connectivity index (χ0v) is 8.26. The molecule has 15 heavy (non-hydrogen) atoms. The minimum absolute atomic E-state index is 0.00979. The molecule has 0 saturated carbocycles. The van der Waals surface area contributed by atoms with Crippen LogP contribution in [0.5, 0.6) is 0 Å². The largest absolute Gasteiger partial charge is 0.481 e. The molecule has 82 valence electrons. The fourth-order valence-corrected chi connectivity index (χ4v) is 1.95. The highest BCUT2D eigenvalue weighted by atomic mass is 16.4. The number of hydrogen-bond donors (Lipinski definition) is 2.